The molecule has 0 aliphatic carbocycles. The highest BCUT2D eigenvalue weighted by molar-refractivity contribution is 9.08. The first-order valence-electron chi connectivity index (χ1n) is 6.12. The number of imidazole rings is 1. The average molecular weight is 352 g/mol. The topological polar surface area (TPSA) is 29.8 Å². The predicted octanol–water partition coefficient (Wildman–Crippen LogP) is 4.07. The highest BCUT2D eigenvalue weighted by Gasteiger charge is 2.17. The third-order valence-electron chi connectivity index (χ3n) is 3.22. The minimum atomic E-state index is 0.758. The normalized spacial score (nSPS) is 10.9. The maximum atomic E-state index is 5.28. The predicted molar refractivity (Wildman–Crippen MR) is 86.8 cm³/mol. The molecule has 0 radical (unpaired) electrons. The summed E-state index contributed by atoms with van der Waals surface area (Å²) in [6.45, 7) is 0. The van der Waals surface area contributed by atoms with Crippen LogP contribution in [0.3, 0.4) is 0 Å². The van der Waals surface area contributed by atoms with Gasteiger partial charge in [0.1, 0.15) is 5.75 Å². The smallest absolute Gasteiger partial charge is 0.195 e. The first kappa shape index (κ1) is 13.5. The van der Waals surface area contributed by atoms with Crippen LogP contribution in [0.25, 0.3) is 4.96 Å². The molecule has 0 bridgehead atoms. The number of ether oxygens (including phenoxy) is 1. The van der Waals surface area contributed by atoms with E-state index in [9.17, 15) is 0 Å². The summed E-state index contributed by atoms with van der Waals surface area (Å²) >= 11 is 5.19. The summed E-state index contributed by atoms with van der Waals surface area (Å²) in [4.78, 5) is 7.80. The summed E-state index contributed by atoms with van der Waals surface area (Å²) in [5.41, 5.74) is 2.20. The van der Waals surface area contributed by atoms with E-state index in [4.69, 9.17) is 9.72 Å². The number of methoxy groups -OCH3 is 1. The fourth-order valence-electron chi connectivity index (χ4n) is 2.16. The molecule has 104 valence electrons. The molecule has 0 N–H and O–H groups in total. The number of hydrogen-bond acceptors (Lipinski definition) is 4. The standard InChI is InChI=1S/C14H14BrN3OS/c1-17(10-4-3-5-11(8-10)19-2)13-12(9-15)18-6-7-20-14(18)16-13/h3-8H,9H2,1-2H3. The molecule has 6 heteroatoms. The number of thiazole rings is 1. The molecular weight excluding hydrogens is 338 g/mol. The van der Waals surface area contributed by atoms with Crippen molar-refractivity contribution in [3.8, 4) is 5.75 Å². The Bertz CT molecular complexity index is 737. The van der Waals surface area contributed by atoms with E-state index in [0.29, 0.717) is 0 Å². The molecule has 2 heterocycles. The lowest BCUT2D eigenvalue weighted by molar-refractivity contribution is 0.415. The largest absolute Gasteiger partial charge is 0.497 e. The second-order valence-corrected chi connectivity index (χ2v) is 5.77. The molecule has 0 saturated heterocycles. The summed E-state index contributed by atoms with van der Waals surface area (Å²) in [6.07, 6.45) is 2.05. The van der Waals surface area contributed by atoms with Crippen molar-refractivity contribution in [2.45, 2.75) is 5.33 Å². The minimum Gasteiger partial charge on any atom is -0.497 e. The van der Waals surface area contributed by atoms with Crippen LogP contribution in [0.2, 0.25) is 0 Å². The van der Waals surface area contributed by atoms with Gasteiger partial charge in [0.15, 0.2) is 10.8 Å². The van der Waals surface area contributed by atoms with Crippen molar-refractivity contribution in [2.75, 3.05) is 19.1 Å². The molecule has 3 aromatic rings. The lowest BCUT2D eigenvalue weighted by atomic mass is 10.2. The van der Waals surface area contributed by atoms with Crippen molar-refractivity contribution in [2.24, 2.45) is 0 Å². The Morgan fingerprint density at radius 1 is 1.45 bits per heavy atom. The van der Waals surface area contributed by atoms with E-state index < -0.39 is 0 Å². The molecular formula is C14H14BrN3OS. The maximum Gasteiger partial charge on any atom is 0.195 e. The molecule has 0 saturated carbocycles. The number of fused-ring (bicyclic) bond motifs is 1. The molecule has 20 heavy (non-hydrogen) atoms. The summed E-state index contributed by atoms with van der Waals surface area (Å²) < 4.78 is 7.40. The number of alkyl halides is 1. The Morgan fingerprint density at radius 3 is 3.05 bits per heavy atom. The van der Waals surface area contributed by atoms with E-state index in [2.05, 4.69) is 25.2 Å². The van der Waals surface area contributed by atoms with Gasteiger partial charge in [-0.25, -0.2) is 4.98 Å². The average Bonchev–Trinajstić information content (AvgIpc) is 3.06. The van der Waals surface area contributed by atoms with Gasteiger partial charge in [-0.2, -0.15) is 0 Å². The number of anilines is 2. The zero-order chi connectivity index (χ0) is 14.1. The van der Waals surface area contributed by atoms with Crippen molar-refractivity contribution in [1.82, 2.24) is 9.38 Å². The summed E-state index contributed by atoms with van der Waals surface area (Å²) in [5, 5.41) is 2.80. The Labute approximate surface area is 129 Å². The van der Waals surface area contributed by atoms with Crippen molar-refractivity contribution in [3.63, 3.8) is 0 Å². The van der Waals surface area contributed by atoms with Crippen molar-refractivity contribution >= 4 is 43.7 Å². The summed E-state index contributed by atoms with van der Waals surface area (Å²) in [5.74, 6) is 1.80. The Morgan fingerprint density at radius 2 is 2.30 bits per heavy atom. The third kappa shape index (κ3) is 2.19. The first-order chi connectivity index (χ1) is 9.74. The van der Waals surface area contributed by atoms with Gasteiger partial charge in [0.2, 0.25) is 0 Å². The van der Waals surface area contributed by atoms with E-state index in [-0.39, 0.29) is 0 Å². The monoisotopic (exact) mass is 351 g/mol. The van der Waals surface area contributed by atoms with E-state index in [1.54, 1.807) is 18.4 Å². The number of hydrogen-bond donors (Lipinski definition) is 0. The minimum absolute atomic E-state index is 0.758. The number of aromatic nitrogens is 2. The van der Waals surface area contributed by atoms with Crippen molar-refractivity contribution < 1.29 is 4.74 Å². The Kier molecular flexibility index (Phi) is 3.67. The maximum absolute atomic E-state index is 5.28. The first-order valence-corrected chi connectivity index (χ1v) is 8.13. The van der Waals surface area contributed by atoms with Gasteiger partial charge < -0.3 is 9.64 Å². The second kappa shape index (κ2) is 5.46. The zero-order valence-corrected chi connectivity index (χ0v) is 13.6. The molecule has 0 unspecified atom stereocenters. The van der Waals surface area contributed by atoms with Gasteiger partial charge >= 0.3 is 0 Å². The molecule has 0 atom stereocenters. The highest BCUT2D eigenvalue weighted by atomic mass is 79.9. The molecule has 2 aromatic heterocycles. The molecule has 0 amide bonds. The van der Waals surface area contributed by atoms with Crippen LogP contribution in [0.1, 0.15) is 5.69 Å². The lowest BCUT2D eigenvalue weighted by Gasteiger charge is -2.18. The molecule has 0 fully saturated rings. The molecule has 3 rings (SSSR count). The Hall–Kier alpha value is -1.53. The van der Waals surface area contributed by atoms with Crippen LogP contribution in [0.15, 0.2) is 35.8 Å². The molecule has 0 aliphatic rings. The van der Waals surface area contributed by atoms with E-state index in [0.717, 1.165) is 33.2 Å². The number of halogens is 1. The number of benzene rings is 1. The van der Waals surface area contributed by atoms with Crippen LogP contribution < -0.4 is 9.64 Å². The van der Waals surface area contributed by atoms with E-state index in [1.807, 2.05) is 42.9 Å². The van der Waals surface area contributed by atoms with Gasteiger partial charge in [-0.05, 0) is 12.1 Å². The fourth-order valence-corrected chi connectivity index (χ4v) is 3.40. The fraction of sp³-hybridized carbons (Fsp3) is 0.214. The van der Waals surface area contributed by atoms with Crippen LogP contribution in [0.5, 0.6) is 5.75 Å². The van der Waals surface area contributed by atoms with Gasteiger partial charge in [0.05, 0.1) is 12.8 Å². The molecule has 4 nitrogen and oxygen atoms in total. The molecule has 1 aromatic carbocycles. The zero-order valence-electron chi connectivity index (χ0n) is 11.2. The number of rotatable bonds is 4. The van der Waals surface area contributed by atoms with E-state index >= 15 is 0 Å². The van der Waals surface area contributed by atoms with Crippen LogP contribution in [-0.2, 0) is 5.33 Å². The molecule has 0 aliphatic heterocycles. The van der Waals surface area contributed by atoms with Crippen LogP contribution in [-0.4, -0.2) is 23.5 Å². The summed E-state index contributed by atoms with van der Waals surface area (Å²) in [7, 11) is 3.70. The quantitative estimate of drug-likeness (QED) is 0.663. The van der Waals surface area contributed by atoms with Crippen molar-refractivity contribution in [1.29, 1.82) is 0 Å². The van der Waals surface area contributed by atoms with Crippen LogP contribution in [0, 0.1) is 0 Å². The van der Waals surface area contributed by atoms with Gasteiger partial charge in [-0.3, -0.25) is 4.40 Å². The third-order valence-corrected chi connectivity index (χ3v) is 4.51. The second-order valence-electron chi connectivity index (χ2n) is 4.33. The van der Waals surface area contributed by atoms with Crippen molar-refractivity contribution in [3.05, 3.63) is 41.5 Å². The van der Waals surface area contributed by atoms with Crippen LogP contribution in [0.4, 0.5) is 11.5 Å². The van der Waals surface area contributed by atoms with E-state index in [1.165, 1.54) is 0 Å². The summed E-state index contributed by atoms with van der Waals surface area (Å²) in [6, 6.07) is 7.98. The van der Waals surface area contributed by atoms with Gasteiger partial charge in [0.25, 0.3) is 0 Å². The van der Waals surface area contributed by atoms with Gasteiger partial charge in [-0.15, -0.1) is 11.3 Å². The van der Waals surface area contributed by atoms with Gasteiger partial charge in [-0.1, -0.05) is 22.0 Å². The number of nitrogens with zero attached hydrogens (tertiary/aromatic N) is 3. The Balaban J connectivity index is 2.06. The SMILES string of the molecule is COc1cccc(N(C)c2nc3sccn3c2CBr)c1. The molecule has 0 spiro atoms. The highest BCUT2D eigenvalue weighted by Crippen LogP contribution is 2.31. The van der Waals surface area contributed by atoms with Crippen LogP contribution >= 0.6 is 27.3 Å². The lowest BCUT2D eigenvalue weighted by Crippen LogP contribution is -2.12. The van der Waals surface area contributed by atoms with Gasteiger partial charge in [0, 0.05) is 35.7 Å².